The topological polar surface area (TPSA) is 64.9 Å². The maximum absolute atomic E-state index is 6.03. The summed E-state index contributed by atoms with van der Waals surface area (Å²) < 4.78 is 0. The van der Waals surface area contributed by atoms with Crippen molar-refractivity contribution in [1.29, 1.82) is 0 Å². The Balaban J connectivity index is 2.39. The minimum absolute atomic E-state index is 0.610. The van der Waals surface area contributed by atoms with Gasteiger partial charge in [0, 0.05) is 11.3 Å². The molecule has 0 radical (unpaired) electrons. The zero-order chi connectivity index (χ0) is 12.3. The number of nitrogen functional groups attached to an aromatic ring is 2. The van der Waals surface area contributed by atoms with E-state index in [0.717, 1.165) is 35.9 Å². The number of nitrogens with two attached hydrogens (primary N) is 2. The van der Waals surface area contributed by atoms with Gasteiger partial charge in [-0.15, -0.1) is 11.6 Å². The second kappa shape index (κ2) is 5.23. The molecule has 0 saturated heterocycles. The number of rotatable bonds is 4. The summed E-state index contributed by atoms with van der Waals surface area (Å²) in [4.78, 5) is 4.56. The normalized spacial score (nSPS) is 10.9. The van der Waals surface area contributed by atoms with E-state index >= 15 is 0 Å². The van der Waals surface area contributed by atoms with Crippen LogP contribution in [0.4, 0.5) is 11.4 Å². The lowest BCUT2D eigenvalue weighted by molar-refractivity contribution is 0.786. The summed E-state index contributed by atoms with van der Waals surface area (Å²) >= 11 is 5.66. The molecule has 1 aromatic carbocycles. The Labute approximate surface area is 106 Å². The fourth-order valence-electron chi connectivity index (χ4n) is 1.88. The standard InChI is InChI=1S/C13H16ClN3/c14-8-4-3-7-11-13(16)12(15)9-5-1-2-6-10(9)17-11/h1-2,5-6H,3-4,7-8,16H2,(H2,15,17). The average molecular weight is 250 g/mol. The lowest BCUT2D eigenvalue weighted by Crippen LogP contribution is -2.04. The number of nitrogens with zero attached hydrogens (tertiary/aromatic N) is 1. The number of aromatic nitrogens is 1. The summed E-state index contributed by atoms with van der Waals surface area (Å²) in [5.41, 5.74) is 15.1. The molecule has 0 aliphatic heterocycles. The van der Waals surface area contributed by atoms with Crippen LogP contribution >= 0.6 is 11.6 Å². The molecular weight excluding hydrogens is 234 g/mol. The zero-order valence-corrected chi connectivity index (χ0v) is 10.4. The van der Waals surface area contributed by atoms with E-state index in [2.05, 4.69) is 4.98 Å². The molecule has 0 atom stereocenters. The van der Waals surface area contributed by atoms with E-state index in [1.165, 1.54) is 0 Å². The van der Waals surface area contributed by atoms with Crippen molar-refractivity contribution >= 4 is 33.9 Å². The number of hydrogen-bond acceptors (Lipinski definition) is 3. The first-order chi connectivity index (χ1) is 8.24. The Morgan fingerprint density at radius 2 is 1.82 bits per heavy atom. The number of alkyl halides is 1. The van der Waals surface area contributed by atoms with Crippen molar-refractivity contribution in [3.8, 4) is 0 Å². The molecule has 4 N–H and O–H groups in total. The van der Waals surface area contributed by atoms with E-state index in [1.54, 1.807) is 0 Å². The van der Waals surface area contributed by atoms with E-state index in [0.29, 0.717) is 17.3 Å². The highest BCUT2D eigenvalue weighted by Crippen LogP contribution is 2.28. The van der Waals surface area contributed by atoms with Crippen molar-refractivity contribution in [2.45, 2.75) is 19.3 Å². The fraction of sp³-hybridized carbons (Fsp3) is 0.308. The molecule has 0 saturated carbocycles. The summed E-state index contributed by atoms with van der Waals surface area (Å²) in [6, 6.07) is 7.78. The molecule has 1 heterocycles. The molecule has 2 aromatic rings. The number of aryl methyl sites for hydroxylation is 1. The monoisotopic (exact) mass is 249 g/mol. The van der Waals surface area contributed by atoms with Gasteiger partial charge in [-0.2, -0.15) is 0 Å². The molecule has 0 amide bonds. The van der Waals surface area contributed by atoms with Crippen LogP contribution in [0.3, 0.4) is 0 Å². The highest BCUT2D eigenvalue weighted by Gasteiger charge is 2.09. The van der Waals surface area contributed by atoms with Gasteiger partial charge in [0.2, 0.25) is 0 Å². The van der Waals surface area contributed by atoms with Crippen LogP contribution in [-0.2, 0) is 6.42 Å². The zero-order valence-electron chi connectivity index (χ0n) is 9.62. The summed E-state index contributed by atoms with van der Waals surface area (Å²) in [6.45, 7) is 0. The number of para-hydroxylation sites is 1. The Kier molecular flexibility index (Phi) is 3.69. The molecule has 90 valence electrons. The Morgan fingerprint density at radius 1 is 1.06 bits per heavy atom. The first-order valence-corrected chi connectivity index (χ1v) is 6.26. The van der Waals surface area contributed by atoms with Gasteiger partial charge >= 0.3 is 0 Å². The predicted octanol–water partition coefficient (Wildman–Crippen LogP) is 2.96. The van der Waals surface area contributed by atoms with Crippen LogP contribution in [0.25, 0.3) is 10.9 Å². The SMILES string of the molecule is Nc1c(CCCCCl)nc2ccccc2c1N. The van der Waals surface area contributed by atoms with Crippen molar-refractivity contribution in [2.75, 3.05) is 17.3 Å². The van der Waals surface area contributed by atoms with Gasteiger partial charge in [0.1, 0.15) is 0 Å². The predicted molar refractivity (Wildman–Crippen MR) is 74.2 cm³/mol. The molecule has 17 heavy (non-hydrogen) atoms. The number of unbranched alkanes of at least 4 members (excludes halogenated alkanes) is 1. The van der Waals surface area contributed by atoms with E-state index in [-0.39, 0.29) is 0 Å². The van der Waals surface area contributed by atoms with Crippen molar-refractivity contribution in [2.24, 2.45) is 0 Å². The second-order valence-electron chi connectivity index (χ2n) is 4.05. The van der Waals surface area contributed by atoms with Gasteiger partial charge in [-0.1, -0.05) is 18.2 Å². The van der Waals surface area contributed by atoms with E-state index in [4.69, 9.17) is 23.1 Å². The number of pyridine rings is 1. The highest BCUT2D eigenvalue weighted by atomic mass is 35.5. The lowest BCUT2D eigenvalue weighted by atomic mass is 10.1. The first-order valence-electron chi connectivity index (χ1n) is 5.72. The summed E-state index contributed by atoms with van der Waals surface area (Å²) in [5.74, 6) is 0.670. The molecule has 0 spiro atoms. The molecule has 4 heteroatoms. The molecule has 0 aliphatic rings. The minimum Gasteiger partial charge on any atom is -0.396 e. The maximum Gasteiger partial charge on any atom is 0.0773 e. The fourth-order valence-corrected chi connectivity index (χ4v) is 2.07. The Morgan fingerprint density at radius 3 is 2.59 bits per heavy atom. The Hall–Kier alpha value is -1.48. The largest absolute Gasteiger partial charge is 0.396 e. The van der Waals surface area contributed by atoms with Crippen molar-refractivity contribution in [3.63, 3.8) is 0 Å². The van der Waals surface area contributed by atoms with Crippen molar-refractivity contribution < 1.29 is 0 Å². The van der Waals surface area contributed by atoms with E-state index < -0.39 is 0 Å². The number of hydrogen-bond donors (Lipinski definition) is 2. The first kappa shape index (κ1) is 12.0. The van der Waals surface area contributed by atoms with Crippen LogP contribution in [-0.4, -0.2) is 10.9 Å². The van der Waals surface area contributed by atoms with Gasteiger partial charge in [0.25, 0.3) is 0 Å². The number of halogens is 1. The maximum atomic E-state index is 6.03. The van der Waals surface area contributed by atoms with Crippen LogP contribution in [0.5, 0.6) is 0 Å². The molecule has 0 unspecified atom stereocenters. The van der Waals surface area contributed by atoms with Gasteiger partial charge in [0.15, 0.2) is 0 Å². The van der Waals surface area contributed by atoms with Gasteiger partial charge in [-0.25, -0.2) is 0 Å². The van der Waals surface area contributed by atoms with Crippen LogP contribution in [0.2, 0.25) is 0 Å². The molecule has 2 rings (SSSR count). The minimum atomic E-state index is 0.610. The lowest BCUT2D eigenvalue weighted by Gasteiger charge is -2.10. The van der Waals surface area contributed by atoms with E-state index in [9.17, 15) is 0 Å². The average Bonchev–Trinajstić information content (AvgIpc) is 2.35. The molecule has 3 nitrogen and oxygen atoms in total. The van der Waals surface area contributed by atoms with E-state index in [1.807, 2.05) is 24.3 Å². The van der Waals surface area contributed by atoms with Gasteiger partial charge in [0.05, 0.1) is 22.6 Å². The summed E-state index contributed by atoms with van der Waals surface area (Å²) in [6.07, 6.45) is 2.78. The number of benzene rings is 1. The highest BCUT2D eigenvalue weighted by molar-refractivity contribution is 6.17. The molecule has 0 aliphatic carbocycles. The summed E-state index contributed by atoms with van der Waals surface area (Å²) in [5, 5.41) is 0.922. The molecule has 0 fully saturated rings. The third-order valence-electron chi connectivity index (χ3n) is 2.85. The second-order valence-corrected chi connectivity index (χ2v) is 4.43. The molecule has 1 aromatic heterocycles. The van der Waals surface area contributed by atoms with Crippen molar-refractivity contribution in [1.82, 2.24) is 4.98 Å². The van der Waals surface area contributed by atoms with Gasteiger partial charge in [-0.3, -0.25) is 4.98 Å². The third-order valence-corrected chi connectivity index (χ3v) is 3.12. The number of fused-ring (bicyclic) bond motifs is 1. The van der Waals surface area contributed by atoms with Crippen LogP contribution < -0.4 is 11.5 Å². The quantitative estimate of drug-likeness (QED) is 0.647. The van der Waals surface area contributed by atoms with Gasteiger partial charge < -0.3 is 11.5 Å². The molecular formula is C13H16ClN3. The van der Waals surface area contributed by atoms with Gasteiger partial charge in [-0.05, 0) is 25.3 Å². The van der Waals surface area contributed by atoms with Crippen LogP contribution in [0, 0.1) is 0 Å². The van der Waals surface area contributed by atoms with Crippen LogP contribution in [0.1, 0.15) is 18.5 Å². The number of anilines is 2. The Bertz CT molecular complexity index is 525. The summed E-state index contributed by atoms with van der Waals surface area (Å²) in [7, 11) is 0. The third kappa shape index (κ3) is 2.44. The smallest absolute Gasteiger partial charge is 0.0773 e. The molecule has 0 bridgehead atoms. The van der Waals surface area contributed by atoms with Crippen LogP contribution in [0.15, 0.2) is 24.3 Å². The van der Waals surface area contributed by atoms with Crippen molar-refractivity contribution in [3.05, 3.63) is 30.0 Å².